The molecule has 2 aromatic rings. The van der Waals surface area contributed by atoms with Crippen LogP contribution in [-0.2, 0) is 0 Å². The number of hydrogen-bond acceptors (Lipinski definition) is 6. The Morgan fingerprint density at radius 3 is 2.50 bits per heavy atom. The Morgan fingerprint density at radius 2 is 1.88 bits per heavy atom. The second-order valence-corrected chi connectivity index (χ2v) is 8.85. The van der Waals surface area contributed by atoms with Crippen LogP contribution in [0.5, 0.6) is 0 Å². The lowest BCUT2D eigenvalue weighted by atomic mass is 9.98. The number of hydrogen-bond donors (Lipinski definition) is 1. The summed E-state index contributed by atoms with van der Waals surface area (Å²) in [5, 5.41) is 24.1. The lowest BCUT2D eigenvalue weighted by Gasteiger charge is -2.34. The normalized spacial score (nSPS) is 15.9. The third-order valence-electron chi connectivity index (χ3n) is 6.22. The molecule has 0 saturated carbocycles. The van der Waals surface area contributed by atoms with E-state index in [9.17, 15) is 5.26 Å². The molecule has 0 aliphatic carbocycles. The minimum atomic E-state index is -0.0330. The highest BCUT2D eigenvalue weighted by molar-refractivity contribution is 5.57. The average Bonchev–Trinajstić information content (AvgIpc) is 2.75. The molecule has 32 heavy (non-hydrogen) atoms. The van der Waals surface area contributed by atoms with Crippen LogP contribution >= 0.6 is 0 Å². The van der Waals surface area contributed by atoms with E-state index in [4.69, 9.17) is 0 Å². The molecule has 1 aromatic carbocycles. The van der Waals surface area contributed by atoms with Crippen LogP contribution in [0.15, 0.2) is 30.5 Å². The molecule has 2 heterocycles. The summed E-state index contributed by atoms with van der Waals surface area (Å²) in [5.74, 6) is 0.733. The Balaban J connectivity index is 2.06. The lowest BCUT2D eigenvalue weighted by Crippen LogP contribution is -2.44. The van der Waals surface area contributed by atoms with Gasteiger partial charge >= 0.3 is 0 Å². The van der Waals surface area contributed by atoms with Crippen molar-refractivity contribution in [2.24, 2.45) is 0 Å². The van der Waals surface area contributed by atoms with Gasteiger partial charge in [-0.1, -0.05) is 24.3 Å². The Bertz CT molecular complexity index is 1160. The Kier molecular flexibility index (Phi) is 7.32. The first-order chi connectivity index (χ1) is 15.2. The molecule has 1 fully saturated rings. The number of nitrogens with zero attached hydrogens (tertiary/aromatic N) is 5. The fraction of sp³-hybridized carbons (Fsp3) is 0.423. The van der Waals surface area contributed by atoms with Gasteiger partial charge in [0.25, 0.3) is 0 Å². The van der Waals surface area contributed by atoms with Gasteiger partial charge in [0, 0.05) is 42.3 Å². The molecule has 0 unspecified atom stereocenters. The highest BCUT2D eigenvalue weighted by Gasteiger charge is 2.16. The zero-order valence-electron chi connectivity index (χ0n) is 20.2. The molecular weight excluding hydrogens is 396 g/mol. The highest BCUT2D eigenvalue weighted by Crippen LogP contribution is 2.22. The standard InChI is InChI=1S/C26H34N6/c1-17(2)25-21(6)29-30-26(24(25)15-18(3)32-13-11-31(7)12-14-32)28-20(5)23-10-8-9-22(16-27)19(23)4/h8-10,15,20H,3,11-14H2,1-2,4-7H3,(H,28,30)/b24-15+/t20-/m1/s1. The van der Waals surface area contributed by atoms with Crippen molar-refractivity contribution in [3.05, 3.63) is 63.3 Å². The largest absolute Gasteiger partial charge is 0.369 e. The SMILES string of the molecule is C=C(/C=c1/c(N[C@H](C)c2cccc(C#N)c2C)nnc(C)c1=C(C)C)N1CCN(C)CC1. The van der Waals surface area contributed by atoms with Gasteiger partial charge in [-0.25, -0.2) is 0 Å². The molecule has 1 aliphatic rings. The molecular formula is C26H34N6. The zero-order chi connectivity index (χ0) is 23.4. The number of piperazine rings is 1. The minimum Gasteiger partial charge on any atom is -0.369 e. The van der Waals surface area contributed by atoms with Crippen LogP contribution in [0.3, 0.4) is 0 Å². The Morgan fingerprint density at radius 1 is 1.19 bits per heavy atom. The predicted octanol–water partition coefficient (Wildman–Crippen LogP) is 2.87. The van der Waals surface area contributed by atoms with E-state index < -0.39 is 0 Å². The molecule has 0 spiro atoms. The summed E-state index contributed by atoms with van der Waals surface area (Å²) < 4.78 is 0. The van der Waals surface area contributed by atoms with E-state index in [0.29, 0.717) is 5.56 Å². The van der Waals surface area contributed by atoms with Gasteiger partial charge < -0.3 is 15.1 Å². The molecule has 3 rings (SSSR count). The van der Waals surface area contributed by atoms with Crippen LogP contribution in [0.4, 0.5) is 5.82 Å². The first kappa shape index (κ1) is 23.5. The molecule has 0 bridgehead atoms. The molecule has 6 heteroatoms. The van der Waals surface area contributed by atoms with Crippen molar-refractivity contribution in [3.63, 3.8) is 0 Å². The number of rotatable bonds is 5. The summed E-state index contributed by atoms with van der Waals surface area (Å²) in [4.78, 5) is 4.67. The number of anilines is 1. The van der Waals surface area contributed by atoms with Crippen LogP contribution in [0.2, 0.25) is 0 Å². The number of aryl methyl sites for hydroxylation is 1. The zero-order valence-corrected chi connectivity index (χ0v) is 20.2. The Labute approximate surface area is 191 Å². The van der Waals surface area contributed by atoms with E-state index in [-0.39, 0.29) is 6.04 Å². The van der Waals surface area contributed by atoms with Crippen molar-refractivity contribution < 1.29 is 0 Å². The average molecular weight is 431 g/mol. The molecule has 168 valence electrons. The second-order valence-electron chi connectivity index (χ2n) is 8.85. The number of benzene rings is 1. The van der Waals surface area contributed by atoms with Gasteiger partial charge in [-0.15, -0.1) is 5.10 Å². The molecule has 1 saturated heterocycles. The van der Waals surface area contributed by atoms with Crippen LogP contribution in [-0.4, -0.2) is 53.2 Å². The third-order valence-corrected chi connectivity index (χ3v) is 6.22. The van der Waals surface area contributed by atoms with Gasteiger partial charge in [-0.05, 0) is 64.9 Å². The molecule has 1 N–H and O–H groups in total. The van der Waals surface area contributed by atoms with Crippen LogP contribution in [0.25, 0.3) is 11.6 Å². The van der Waals surface area contributed by atoms with Crippen LogP contribution < -0.4 is 15.8 Å². The number of allylic oxidation sites excluding steroid dienone is 1. The van der Waals surface area contributed by atoms with E-state index >= 15 is 0 Å². The fourth-order valence-corrected chi connectivity index (χ4v) is 4.30. The van der Waals surface area contributed by atoms with Crippen molar-refractivity contribution in [1.29, 1.82) is 5.26 Å². The van der Waals surface area contributed by atoms with Crippen molar-refractivity contribution in [1.82, 2.24) is 20.0 Å². The minimum absolute atomic E-state index is 0.0330. The monoisotopic (exact) mass is 430 g/mol. The smallest absolute Gasteiger partial charge is 0.157 e. The summed E-state index contributed by atoms with van der Waals surface area (Å²) in [6, 6.07) is 8.08. The second kappa shape index (κ2) is 9.97. The summed E-state index contributed by atoms with van der Waals surface area (Å²) in [6.07, 6.45) is 2.14. The van der Waals surface area contributed by atoms with Crippen molar-refractivity contribution >= 4 is 17.5 Å². The molecule has 0 radical (unpaired) electrons. The molecule has 6 nitrogen and oxygen atoms in total. The number of likely N-dealkylation sites (N-methyl/N-ethyl adjacent to an activating group) is 1. The van der Waals surface area contributed by atoms with Gasteiger partial charge in [0.15, 0.2) is 5.82 Å². The maximum Gasteiger partial charge on any atom is 0.157 e. The number of nitriles is 1. The summed E-state index contributed by atoms with van der Waals surface area (Å²) in [6.45, 7) is 18.7. The molecule has 0 amide bonds. The van der Waals surface area contributed by atoms with E-state index in [0.717, 1.165) is 65.0 Å². The van der Waals surface area contributed by atoms with E-state index in [1.807, 2.05) is 26.0 Å². The number of aromatic nitrogens is 2. The first-order valence-electron chi connectivity index (χ1n) is 11.1. The van der Waals surface area contributed by atoms with E-state index in [1.54, 1.807) is 0 Å². The van der Waals surface area contributed by atoms with Gasteiger partial charge in [-0.3, -0.25) is 0 Å². The van der Waals surface area contributed by atoms with Gasteiger partial charge in [0.2, 0.25) is 0 Å². The van der Waals surface area contributed by atoms with Crippen LogP contribution in [0, 0.1) is 25.2 Å². The summed E-state index contributed by atoms with van der Waals surface area (Å²) >= 11 is 0. The molecule has 1 aromatic heterocycles. The van der Waals surface area contributed by atoms with Crippen molar-refractivity contribution in [3.8, 4) is 6.07 Å². The quantitative estimate of drug-likeness (QED) is 0.787. The Hall–Kier alpha value is -3.17. The molecule has 1 aliphatic heterocycles. The summed E-state index contributed by atoms with van der Waals surface area (Å²) in [5.41, 5.74) is 5.84. The summed E-state index contributed by atoms with van der Waals surface area (Å²) in [7, 11) is 2.15. The first-order valence-corrected chi connectivity index (χ1v) is 11.1. The van der Waals surface area contributed by atoms with Crippen LogP contribution in [0.1, 0.15) is 49.2 Å². The maximum absolute atomic E-state index is 9.41. The fourth-order valence-electron chi connectivity index (χ4n) is 4.30. The van der Waals surface area contributed by atoms with E-state index in [1.165, 1.54) is 5.57 Å². The maximum atomic E-state index is 9.41. The van der Waals surface area contributed by atoms with Gasteiger partial charge in [0.05, 0.1) is 23.4 Å². The van der Waals surface area contributed by atoms with Gasteiger partial charge in [0.1, 0.15) is 0 Å². The van der Waals surface area contributed by atoms with E-state index in [2.05, 4.69) is 77.9 Å². The molecule has 1 atom stereocenters. The van der Waals surface area contributed by atoms with Crippen molar-refractivity contribution in [2.45, 2.75) is 40.7 Å². The topological polar surface area (TPSA) is 68.1 Å². The highest BCUT2D eigenvalue weighted by atomic mass is 15.2. The van der Waals surface area contributed by atoms with Gasteiger partial charge in [-0.2, -0.15) is 10.4 Å². The predicted molar refractivity (Wildman–Crippen MR) is 131 cm³/mol. The lowest BCUT2D eigenvalue weighted by molar-refractivity contribution is 0.192. The van der Waals surface area contributed by atoms with Crippen molar-refractivity contribution in [2.75, 3.05) is 38.5 Å². The third kappa shape index (κ3) is 5.00. The number of nitrogens with one attached hydrogen (secondary N) is 1.